The second-order valence-electron chi connectivity index (χ2n) is 4.37. The van der Waals surface area contributed by atoms with Crippen LogP contribution in [0.15, 0.2) is 46.8 Å². The molecule has 22 heavy (non-hydrogen) atoms. The molecular formula is C13H10ClN3O3S2. The monoisotopic (exact) mass is 355 g/mol. The van der Waals surface area contributed by atoms with Gasteiger partial charge in [-0.05, 0) is 18.2 Å². The van der Waals surface area contributed by atoms with Crippen LogP contribution in [0.2, 0.25) is 4.34 Å². The molecule has 9 heteroatoms. The number of hydrogen-bond acceptors (Lipinski definition) is 4. The average molecular weight is 356 g/mol. The number of thiophene rings is 1. The van der Waals surface area contributed by atoms with Gasteiger partial charge in [-0.2, -0.15) is 0 Å². The number of carbonyl (C=O) groups excluding carboxylic acids is 1. The van der Waals surface area contributed by atoms with Crippen LogP contribution in [0.1, 0.15) is 10.4 Å². The van der Waals surface area contributed by atoms with E-state index in [0.29, 0.717) is 15.3 Å². The number of sulfonamides is 1. The number of fused-ring (bicyclic) bond motifs is 1. The number of rotatable bonds is 4. The molecule has 1 aromatic carbocycles. The van der Waals surface area contributed by atoms with E-state index in [0.717, 1.165) is 16.9 Å². The standard InChI is InChI=1S/C13H10ClN3O3S2/c14-11-5-6-12(21-11)22(19,20)17-16-13(18)9-7-15-10-4-2-1-3-8(9)10/h1-7,15,17H,(H,16,18). The second kappa shape index (κ2) is 5.73. The number of H-pyrrole nitrogens is 1. The third-order valence-corrected chi connectivity index (χ3v) is 5.92. The SMILES string of the molecule is O=C(NNS(=O)(=O)c1ccc(Cl)s1)c1c[nH]c2ccccc12. The normalized spacial score (nSPS) is 11.7. The summed E-state index contributed by atoms with van der Waals surface area (Å²) in [5, 5.41) is 0.707. The van der Waals surface area contributed by atoms with Gasteiger partial charge in [0.2, 0.25) is 0 Å². The quantitative estimate of drug-likeness (QED) is 0.628. The molecule has 0 unspecified atom stereocenters. The Hall–Kier alpha value is -1.87. The van der Waals surface area contributed by atoms with Gasteiger partial charge in [0.15, 0.2) is 0 Å². The fourth-order valence-corrected chi connectivity index (χ4v) is 4.25. The first-order valence-corrected chi connectivity index (χ1v) is 8.79. The predicted molar refractivity (Wildman–Crippen MR) is 85.4 cm³/mol. The number of carbonyl (C=O) groups is 1. The summed E-state index contributed by atoms with van der Waals surface area (Å²) in [5.74, 6) is -0.552. The zero-order valence-corrected chi connectivity index (χ0v) is 13.3. The van der Waals surface area contributed by atoms with Crippen LogP contribution in [0.3, 0.4) is 0 Å². The number of aromatic nitrogens is 1. The molecule has 2 aromatic heterocycles. The van der Waals surface area contributed by atoms with Crippen LogP contribution in [0.5, 0.6) is 0 Å². The number of amides is 1. The molecule has 0 spiro atoms. The lowest BCUT2D eigenvalue weighted by Gasteiger charge is -2.06. The van der Waals surface area contributed by atoms with Crippen molar-refractivity contribution in [2.45, 2.75) is 4.21 Å². The van der Waals surface area contributed by atoms with E-state index >= 15 is 0 Å². The van der Waals surface area contributed by atoms with E-state index in [1.165, 1.54) is 18.3 Å². The van der Waals surface area contributed by atoms with Gasteiger partial charge in [0.25, 0.3) is 15.9 Å². The van der Waals surface area contributed by atoms with E-state index in [9.17, 15) is 13.2 Å². The number of halogens is 1. The summed E-state index contributed by atoms with van der Waals surface area (Å²) in [6.45, 7) is 0. The van der Waals surface area contributed by atoms with Crippen LogP contribution in [0.25, 0.3) is 10.9 Å². The highest BCUT2D eigenvalue weighted by molar-refractivity contribution is 7.91. The molecule has 0 saturated carbocycles. The number of para-hydroxylation sites is 1. The van der Waals surface area contributed by atoms with Crippen molar-refractivity contribution in [3.8, 4) is 0 Å². The molecule has 2 heterocycles. The van der Waals surface area contributed by atoms with Crippen LogP contribution in [0.4, 0.5) is 0 Å². The molecule has 114 valence electrons. The van der Waals surface area contributed by atoms with Crippen LogP contribution >= 0.6 is 22.9 Å². The van der Waals surface area contributed by atoms with E-state index in [2.05, 4.69) is 15.2 Å². The smallest absolute Gasteiger partial charge is 0.268 e. The van der Waals surface area contributed by atoms with Crippen molar-refractivity contribution in [1.29, 1.82) is 0 Å². The van der Waals surface area contributed by atoms with Crippen molar-refractivity contribution in [3.05, 3.63) is 52.5 Å². The fourth-order valence-electron chi connectivity index (χ4n) is 1.93. The maximum absolute atomic E-state index is 12.1. The predicted octanol–water partition coefficient (Wildman–Crippen LogP) is 2.51. The van der Waals surface area contributed by atoms with Crippen molar-refractivity contribution in [1.82, 2.24) is 15.2 Å². The van der Waals surface area contributed by atoms with Gasteiger partial charge < -0.3 is 4.98 Å². The molecule has 0 fully saturated rings. The minimum Gasteiger partial charge on any atom is -0.360 e. The highest BCUT2D eigenvalue weighted by atomic mass is 35.5. The number of hydrazine groups is 1. The average Bonchev–Trinajstić information content (AvgIpc) is 3.11. The lowest BCUT2D eigenvalue weighted by molar-refractivity contribution is 0.0947. The molecular weight excluding hydrogens is 346 g/mol. The maximum Gasteiger partial charge on any atom is 0.268 e. The minimum absolute atomic E-state index is 0.0247. The molecule has 3 rings (SSSR count). The molecule has 0 aliphatic carbocycles. The largest absolute Gasteiger partial charge is 0.360 e. The summed E-state index contributed by atoms with van der Waals surface area (Å²) >= 11 is 6.61. The Kier molecular flexibility index (Phi) is 3.92. The van der Waals surface area contributed by atoms with Crippen LogP contribution in [-0.4, -0.2) is 19.3 Å². The molecule has 1 amide bonds. The highest BCUT2D eigenvalue weighted by Gasteiger charge is 2.19. The zero-order valence-electron chi connectivity index (χ0n) is 11.0. The fraction of sp³-hybridized carbons (Fsp3) is 0. The molecule has 0 saturated heterocycles. The Balaban J connectivity index is 1.78. The summed E-state index contributed by atoms with van der Waals surface area (Å²) in [6.07, 6.45) is 1.52. The molecule has 3 aromatic rings. The van der Waals surface area contributed by atoms with Gasteiger partial charge in [0.05, 0.1) is 9.90 Å². The molecule has 6 nitrogen and oxygen atoms in total. The van der Waals surface area contributed by atoms with Crippen LogP contribution in [-0.2, 0) is 10.0 Å². The zero-order chi connectivity index (χ0) is 15.7. The summed E-state index contributed by atoms with van der Waals surface area (Å²) in [4.78, 5) is 17.1. The van der Waals surface area contributed by atoms with E-state index in [-0.39, 0.29) is 4.21 Å². The van der Waals surface area contributed by atoms with Crippen molar-refractivity contribution >= 4 is 49.8 Å². The summed E-state index contributed by atoms with van der Waals surface area (Å²) in [6, 6.07) is 10.1. The summed E-state index contributed by atoms with van der Waals surface area (Å²) in [7, 11) is -3.84. The van der Waals surface area contributed by atoms with E-state index < -0.39 is 15.9 Å². The lowest BCUT2D eigenvalue weighted by Crippen LogP contribution is -2.41. The molecule has 0 aliphatic rings. The first kappa shape index (κ1) is 15.0. The van der Waals surface area contributed by atoms with Gasteiger partial charge in [-0.25, -0.2) is 8.42 Å². The highest BCUT2D eigenvalue weighted by Crippen LogP contribution is 2.25. The molecule has 3 N–H and O–H groups in total. The third kappa shape index (κ3) is 2.86. The first-order chi connectivity index (χ1) is 10.5. The van der Waals surface area contributed by atoms with Gasteiger partial charge in [-0.1, -0.05) is 29.8 Å². The molecule has 0 bridgehead atoms. The Bertz CT molecular complexity index is 946. The van der Waals surface area contributed by atoms with Crippen molar-refractivity contribution in [3.63, 3.8) is 0 Å². The second-order valence-corrected chi connectivity index (χ2v) is 7.99. The van der Waals surface area contributed by atoms with Crippen molar-refractivity contribution in [2.24, 2.45) is 0 Å². The molecule has 0 atom stereocenters. The van der Waals surface area contributed by atoms with E-state index in [1.807, 2.05) is 12.1 Å². The number of hydrogen-bond donors (Lipinski definition) is 3. The Morgan fingerprint density at radius 1 is 1.18 bits per heavy atom. The number of aromatic amines is 1. The maximum atomic E-state index is 12.1. The summed E-state index contributed by atoms with van der Waals surface area (Å²) in [5.41, 5.74) is 3.33. The molecule has 0 aliphatic heterocycles. The number of nitrogens with one attached hydrogen (secondary N) is 3. The van der Waals surface area contributed by atoms with Crippen molar-refractivity contribution in [2.75, 3.05) is 0 Å². The van der Waals surface area contributed by atoms with Gasteiger partial charge in [-0.15, -0.1) is 16.2 Å². The Morgan fingerprint density at radius 3 is 2.68 bits per heavy atom. The van der Waals surface area contributed by atoms with Gasteiger partial charge in [-0.3, -0.25) is 10.2 Å². The Morgan fingerprint density at radius 2 is 1.95 bits per heavy atom. The summed E-state index contributed by atoms with van der Waals surface area (Å²) < 4.78 is 24.4. The van der Waals surface area contributed by atoms with E-state index in [4.69, 9.17) is 11.6 Å². The number of benzene rings is 1. The van der Waals surface area contributed by atoms with Crippen molar-refractivity contribution < 1.29 is 13.2 Å². The van der Waals surface area contributed by atoms with Crippen LogP contribution < -0.4 is 10.3 Å². The van der Waals surface area contributed by atoms with Gasteiger partial charge in [0.1, 0.15) is 4.21 Å². The van der Waals surface area contributed by atoms with Gasteiger partial charge in [0, 0.05) is 17.1 Å². The van der Waals surface area contributed by atoms with E-state index in [1.54, 1.807) is 12.1 Å². The third-order valence-electron chi connectivity index (χ3n) is 2.95. The lowest BCUT2D eigenvalue weighted by atomic mass is 10.2. The first-order valence-electron chi connectivity index (χ1n) is 6.11. The van der Waals surface area contributed by atoms with Gasteiger partial charge >= 0.3 is 0 Å². The Labute approximate surface area is 135 Å². The van der Waals surface area contributed by atoms with Crippen LogP contribution in [0, 0.1) is 0 Å². The molecule has 0 radical (unpaired) electrons. The minimum atomic E-state index is -3.84. The topological polar surface area (TPSA) is 91.1 Å².